The second-order valence-corrected chi connectivity index (χ2v) is 3.43. The number of hydrogen-bond acceptors (Lipinski definition) is 2. The number of amides is 1. The maximum atomic E-state index is 11.3. The van der Waals surface area contributed by atoms with E-state index in [1.807, 2.05) is 4.90 Å². The predicted molar refractivity (Wildman–Crippen MR) is 48.5 cm³/mol. The molecular weight excluding hydrogens is 152 g/mol. The molecule has 12 heavy (non-hydrogen) atoms. The van der Waals surface area contributed by atoms with Crippen molar-refractivity contribution in [2.24, 2.45) is 11.7 Å². The number of likely N-dealkylation sites (tertiary alicyclic amines) is 1. The highest BCUT2D eigenvalue weighted by Crippen LogP contribution is 2.15. The first-order valence-corrected chi connectivity index (χ1v) is 4.29. The van der Waals surface area contributed by atoms with E-state index in [0.717, 1.165) is 6.54 Å². The zero-order valence-corrected chi connectivity index (χ0v) is 7.49. The Labute approximate surface area is 73.2 Å². The highest BCUT2D eigenvalue weighted by Gasteiger charge is 2.28. The maximum Gasteiger partial charge on any atom is 0.226 e. The zero-order valence-electron chi connectivity index (χ0n) is 7.49. The summed E-state index contributed by atoms with van der Waals surface area (Å²) in [5.74, 6) is 0.573. The Morgan fingerprint density at radius 3 is 2.83 bits per heavy atom. The van der Waals surface area contributed by atoms with Gasteiger partial charge in [0.05, 0.1) is 0 Å². The first kappa shape index (κ1) is 9.26. The van der Waals surface area contributed by atoms with Gasteiger partial charge in [-0.3, -0.25) is 4.79 Å². The summed E-state index contributed by atoms with van der Waals surface area (Å²) in [6.07, 6.45) is 2.07. The molecule has 0 bridgehead atoms. The van der Waals surface area contributed by atoms with E-state index in [1.54, 1.807) is 6.08 Å². The van der Waals surface area contributed by atoms with E-state index in [2.05, 4.69) is 13.5 Å². The molecular formula is C9H16N2O. The van der Waals surface area contributed by atoms with E-state index < -0.39 is 0 Å². The Balaban J connectivity index is 2.45. The fourth-order valence-corrected chi connectivity index (χ4v) is 1.45. The van der Waals surface area contributed by atoms with Crippen LogP contribution in [0.2, 0.25) is 0 Å². The van der Waals surface area contributed by atoms with E-state index in [0.29, 0.717) is 18.9 Å². The van der Waals surface area contributed by atoms with Crippen LogP contribution in [0.4, 0.5) is 0 Å². The predicted octanol–water partition coefficient (Wildman–Crippen LogP) is 0.368. The van der Waals surface area contributed by atoms with Gasteiger partial charge < -0.3 is 10.6 Å². The molecule has 2 N–H and O–H groups in total. The molecule has 1 saturated heterocycles. The summed E-state index contributed by atoms with van der Waals surface area (Å²) in [5.41, 5.74) is 5.78. The van der Waals surface area contributed by atoms with Crippen molar-refractivity contribution in [1.29, 1.82) is 0 Å². The summed E-state index contributed by atoms with van der Waals surface area (Å²) in [6.45, 7) is 7.11. The highest BCUT2D eigenvalue weighted by atomic mass is 16.2. The molecule has 1 aliphatic rings. The molecule has 0 radical (unpaired) electrons. The third-order valence-electron chi connectivity index (χ3n) is 2.34. The van der Waals surface area contributed by atoms with Crippen molar-refractivity contribution in [3.8, 4) is 0 Å². The molecule has 1 amide bonds. The SMILES string of the molecule is C=CCC(=O)N1CC(C)C(N)C1. The Kier molecular flexibility index (Phi) is 2.87. The van der Waals surface area contributed by atoms with Gasteiger partial charge in [-0.2, -0.15) is 0 Å². The van der Waals surface area contributed by atoms with Crippen LogP contribution in [0.5, 0.6) is 0 Å². The zero-order chi connectivity index (χ0) is 9.14. The Hall–Kier alpha value is -0.830. The Morgan fingerprint density at radius 1 is 1.75 bits per heavy atom. The van der Waals surface area contributed by atoms with Gasteiger partial charge in [-0.15, -0.1) is 6.58 Å². The fourth-order valence-electron chi connectivity index (χ4n) is 1.45. The van der Waals surface area contributed by atoms with Gasteiger partial charge in [-0.05, 0) is 5.92 Å². The van der Waals surface area contributed by atoms with Gasteiger partial charge in [0.15, 0.2) is 0 Å². The summed E-state index contributed by atoms with van der Waals surface area (Å²) in [5, 5.41) is 0. The fraction of sp³-hybridized carbons (Fsp3) is 0.667. The van der Waals surface area contributed by atoms with Crippen LogP contribution < -0.4 is 5.73 Å². The normalized spacial score (nSPS) is 29.0. The van der Waals surface area contributed by atoms with Crippen LogP contribution in [-0.2, 0) is 4.79 Å². The standard InChI is InChI=1S/C9H16N2O/c1-3-4-9(12)11-5-7(2)8(10)6-11/h3,7-8H,1,4-6,10H2,2H3. The van der Waals surface area contributed by atoms with E-state index in [1.165, 1.54) is 0 Å². The number of nitrogens with two attached hydrogens (primary N) is 1. The average Bonchev–Trinajstić information content (AvgIpc) is 2.33. The van der Waals surface area contributed by atoms with Crippen LogP contribution in [0, 0.1) is 5.92 Å². The van der Waals surface area contributed by atoms with E-state index in [9.17, 15) is 4.79 Å². The molecule has 1 heterocycles. The minimum atomic E-state index is 0.143. The van der Waals surface area contributed by atoms with Gasteiger partial charge >= 0.3 is 0 Å². The van der Waals surface area contributed by atoms with Crippen LogP contribution in [0.1, 0.15) is 13.3 Å². The first-order valence-electron chi connectivity index (χ1n) is 4.29. The topological polar surface area (TPSA) is 46.3 Å². The molecule has 3 nitrogen and oxygen atoms in total. The first-order chi connectivity index (χ1) is 5.65. The lowest BCUT2D eigenvalue weighted by Crippen LogP contribution is -2.31. The molecule has 3 heteroatoms. The van der Waals surface area contributed by atoms with Gasteiger partial charge in [0, 0.05) is 25.6 Å². The van der Waals surface area contributed by atoms with Crippen LogP contribution in [0.3, 0.4) is 0 Å². The van der Waals surface area contributed by atoms with Crippen molar-refractivity contribution in [1.82, 2.24) is 4.90 Å². The Morgan fingerprint density at radius 2 is 2.42 bits per heavy atom. The second-order valence-electron chi connectivity index (χ2n) is 3.43. The van der Waals surface area contributed by atoms with Crippen molar-refractivity contribution >= 4 is 5.91 Å². The van der Waals surface area contributed by atoms with Gasteiger partial charge in [-0.1, -0.05) is 13.0 Å². The van der Waals surface area contributed by atoms with Crippen molar-refractivity contribution in [3.05, 3.63) is 12.7 Å². The number of nitrogens with zero attached hydrogens (tertiary/aromatic N) is 1. The van der Waals surface area contributed by atoms with Crippen molar-refractivity contribution in [3.63, 3.8) is 0 Å². The molecule has 0 spiro atoms. The third kappa shape index (κ3) is 1.85. The van der Waals surface area contributed by atoms with Crippen molar-refractivity contribution in [2.75, 3.05) is 13.1 Å². The van der Waals surface area contributed by atoms with Crippen LogP contribution >= 0.6 is 0 Å². The van der Waals surface area contributed by atoms with Gasteiger partial charge in [0.2, 0.25) is 5.91 Å². The van der Waals surface area contributed by atoms with Crippen LogP contribution in [0.25, 0.3) is 0 Å². The van der Waals surface area contributed by atoms with Gasteiger partial charge in [-0.25, -0.2) is 0 Å². The highest BCUT2D eigenvalue weighted by molar-refractivity contribution is 5.77. The average molecular weight is 168 g/mol. The van der Waals surface area contributed by atoms with E-state index in [4.69, 9.17) is 5.73 Å². The summed E-state index contributed by atoms with van der Waals surface area (Å²) in [6, 6.07) is 0.152. The summed E-state index contributed by atoms with van der Waals surface area (Å²) >= 11 is 0. The lowest BCUT2D eigenvalue weighted by atomic mass is 10.1. The van der Waals surface area contributed by atoms with Crippen LogP contribution in [0.15, 0.2) is 12.7 Å². The van der Waals surface area contributed by atoms with Crippen molar-refractivity contribution in [2.45, 2.75) is 19.4 Å². The smallest absolute Gasteiger partial charge is 0.226 e. The molecule has 68 valence electrons. The maximum absolute atomic E-state index is 11.3. The molecule has 1 fully saturated rings. The lowest BCUT2D eigenvalue weighted by Gasteiger charge is -2.14. The van der Waals surface area contributed by atoms with E-state index >= 15 is 0 Å². The number of carbonyl (C=O) groups excluding carboxylic acids is 1. The molecule has 1 rings (SSSR count). The second kappa shape index (κ2) is 3.72. The van der Waals surface area contributed by atoms with Crippen LogP contribution in [-0.4, -0.2) is 29.9 Å². The van der Waals surface area contributed by atoms with Gasteiger partial charge in [0.25, 0.3) is 0 Å². The molecule has 0 saturated carbocycles. The molecule has 0 aliphatic carbocycles. The molecule has 0 aromatic carbocycles. The lowest BCUT2D eigenvalue weighted by molar-refractivity contribution is -0.129. The Bertz CT molecular complexity index is 181. The monoisotopic (exact) mass is 168 g/mol. The third-order valence-corrected chi connectivity index (χ3v) is 2.34. The molecule has 1 aliphatic heterocycles. The summed E-state index contributed by atoms with van der Waals surface area (Å²) in [4.78, 5) is 13.2. The minimum Gasteiger partial charge on any atom is -0.341 e. The quantitative estimate of drug-likeness (QED) is 0.605. The summed E-state index contributed by atoms with van der Waals surface area (Å²) < 4.78 is 0. The molecule has 0 aromatic rings. The van der Waals surface area contributed by atoms with Gasteiger partial charge in [0.1, 0.15) is 0 Å². The number of rotatable bonds is 2. The number of carbonyl (C=O) groups is 1. The summed E-state index contributed by atoms with van der Waals surface area (Å²) in [7, 11) is 0. The molecule has 2 atom stereocenters. The number of hydrogen-bond donors (Lipinski definition) is 1. The largest absolute Gasteiger partial charge is 0.341 e. The van der Waals surface area contributed by atoms with E-state index in [-0.39, 0.29) is 11.9 Å². The molecule has 2 unspecified atom stereocenters. The van der Waals surface area contributed by atoms with Crippen molar-refractivity contribution < 1.29 is 4.79 Å². The minimum absolute atomic E-state index is 0.143. The molecule has 0 aromatic heterocycles.